The molecule has 2 atom stereocenters. The Bertz CT molecular complexity index is 825. The van der Waals surface area contributed by atoms with Crippen LogP contribution in [0.25, 0.3) is 11.5 Å². The summed E-state index contributed by atoms with van der Waals surface area (Å²) in [6, 6.07) is 9.64. The third kappa shape index (κ3) is 4.50. The number of rotatable bonds is 6. The highest BCUT2D eigenvalue weighted by molar-refractivity contribution is 7.87. The van der Waals surface area contributed by atoms with Crippen molar-refractivity contribution in [1.82, 2.24) is 14.0 Å². The van der Waals surface area contributed by atoms with E-state index >= 15 is 0 Å². The first kappa shape index (κ1) is 19.0. The molecule has 1 fully saturated rings. The lowest BCUT2D eigenvalue weighted by molar-refractivity contribution is -0.0443. The second-order valence-electron chi connectivity index (χ2n) is 6.61. The van der Waals surface area contributed by atoms with E-state index in [1.54, 1.807) is 0 Å². The maximum atomic E-state index is 12.5. The van der Waals surface area contributed by atoms with Crippen molar-refractivity contribution < 1.29 is 17.6 Å². The average molecular weight is 379 g/mol. The fourth-order valence-corrected chi connectivity index (χ4v) is 4.44. The number of hydrogen-bond donors (Lipinski definition) is 1. The van der Waals surface area contributed by atoms with Crippen LogP contribution in [0.2, 0.25) is 0 Å². The molecule has 1 aromatic carbocycles. The van der Waals surface area contributed by atoms with Gasteiger partial charge in [-0.25, -0.2) is 9.71 Å². The number of hydrogen-bond acceptors (Lipinski definition) is 5. The third-order valence-corrected chi connectivity index (χ3v) is 5.83. The first-order chi connectivity index (χ1) is 12.3. The zero-order valence-corrected chi connectivity index (χ0v) is 16.1. The van der Waals surface area contributed by atoms with Crippen molar-refractivity contribution in [1.29, 1.82) is 0 Å². The van der Waals surface area contributed by atoms with Gasteiger partial charge in [0.25, 0.3) is 10.2 Å². The molecule has 1 aliphatic heterocycles. The summed E-state index contributed by atoms with van der Waals surface area (Å²) in [4.78, 5) is 4.50. The van der Waals surface area contributed by atoms with Gasteiger partial charge >= 0.3 is 0 Å². The van der Waals surface area contributed by atoms with Gasteiger partial charge in [-0.05, 0) is 32.9 Å². The quantitative estimate of drug-likeness (QED) is 0.831. The van der Waals surface area contributed by atoms with E-state index in [1.165, 1.54) is 4.31 Å². The van der Waals surface area contributed by atoms with E-state index in [1.807, 2.05) is 51.1 Å². The monoisotopic (exact) mass is 379 g/mol. The molecule has 0 amide bonds. The molecule has 1 aromatic heterocycles. The van der Waals surface area contributed by atoms with Crippen molar-refractivity contribution in [3.63, 3.8) is 0 Å². The summed E-state index contributed by atoms with van der Waals surface area (Å²) in [6.45, 7) is 6.59. The molecule has 0 radical (unpaired) electrons. The van der Waals surface area contributed by atoms with Crippen molar-refractivity contribution in [3.05, 3.63) is 41.8 Å². The summed E-state index contributed by atoms with van der Waals surface area (Å²) in [5.41, 5.74) is 1.66. The minimum atomic E-state index is -3.53. The highest BCUT2D eigenvalue weighted by Gasteiger charge is 2.30. The minimum Gasteiger partial charge on any atom is -0.441 e. The fraction of sp³-hybridized carbons (Fsp3) is 0.500. The highest BCUT2D eigenvalue weighted by Crippen LogP contribution is 2.21. The summed E-state index contributed by atoms with van der Waals surface area (Å²) in [6.07, 6.45) is 0.250. The van der Waals surface area contributed by atoms with Gasteiger partial charge in [-0.2, -0.15) is 12.7 Å². The zero-order valence-electron chi connectivity index (χ0n) is 15.3. The number of aromatic nitrogens is 1. The molecular weight excluding hydrogens is 354 g/mol. The normalized spacial score (nSPS) is 21.8. The van der Waals surface area contributed by atoms with Gasteiger partial charge in [0, 0.05) is 31.6 Å². The lowest BCUT2D eigenvalue weighted by atomic mass is 10.2. The van der Waals surface area contributed by atoms with Gasteiger partial charge in [-0.3, -0.25) is 0 Å². The smallest absolute Gasteiger partial charge is 0.279 e. The molecule has 7 nitrogen and oxygen atoms in total. The topological polar surface area (TPSA) is 84.7 Å². The van der Waals surface area contributed by atoms with Gasteiger partial charge in [-0.15, -0.1) is 0 Å². The first-order valence-electron chi connectivity index (χ1n) is 8.77. The van der Waals surface area contributed by atoms with E-state index in [0.29, 0.717) is 31.2 Å². The van der Waals surface area contributed by atoms with Crippen LogP contribution < -0.4 is 4.72 Å². The number of oxazole rings is 1. The van der Waals surface area contributed by atoms with Crippen LogP contribution >= 0.6 is 0 Å². The van der Waals surface area contributed by atoms with Crippen molar-refractivity contribution in [2.24, 2.45) is 0 Å². The van der Waals surface area contributed by atoms with Gasteiger partial charge in [-0.1, -0.05) is 18.2 Å². The van der Waals surface area contributed by atoms with Crippen LogP contribution in [0.15, 0.2) is 34.7 Å². The standard InChI is InChI=1S/C18H25N3O4S/c1-13-11-21(12-14(2)24-13)26(22,23)19-10-9-17-15(3)25-18(20-17)16-7-5-4-6-8-16/h4-8,13-14,19H,9-12H2,1-3H3/t13-,14-/m0/s1. The van der Waals surface area contributed by atoms with E-state index in [2.05, 4.69) is 9.71 Å². The van der Waals surface area contributed by atoms with Gasteiger partial charge < -0.3 is 9.15 Å². The average Bonchev–Trinajstić information content (AvgIpc) is 2.96. The zero-order chi connectivity index (χ0) is 18.7. The Balaban J connectivity index is 1.60. The molecule has 26 heavy (non-hydrogen) atoms. The molecule has 1 aliphatic rings. The molecule has 0 saturated carbocycles. The number of benzene rings is 1. The molecule has 142 valence electrons. The number of morpholine rings is 1. The van der Waals surface area contributed by atoms with Crippen LogP contribution in [0.1, 0.15) is 25.3 Å². The summed E-state index contributed by atoms with van der Waals surface area (Å²) < 4.78 is 40.4. The maximum Gasteiger partial charge on any atom is 0.279 e. The summed E-state index contributed by atoms with van der Waals surface area (Å²) in [5.74, 6) is 1.26. The van der Waals surface area contributed by atoms with Crippen LogP contribution in [0.3, 0.4) is 0 Å². The molecule has 0 bridgehead atoms. The lowest BCUT2D eigenvalue weighted by Crippen LogP contribution is -2.52. The van der Waals surface area contributed by atoms with E-state index in [0.717, 1.165) is 11.3 Å². The van der Waals surface area contributed by atoms with Crippen LogP contribution in [0, 0.1) is 6.92 Å². The SMILES string of the molecule is Cc1oc(-c2ccccc2)nc1CCNS(=O)(=O)N1C[C@H](C)O[C@@H](C)C1. The minimum absolute atomic E-state index is 0.110. The first-order valence-corrected chi connectivity index (χ1v) is 10.2. The third-order valence-electron chi connectivity index (χ3n) is 4.29. The molecule has 2 aromatic rings. The molecule has 2 heterocycles. The second-order valence-corrected chi connectivity index (χ2v) is 8.37. The van der Waals surface area contributed by atoms with Crippen LogP contribution in [-0.2, 0) is 21.4 Å². The predicted octanol–water partition coefficient (Wildman–Crippen LogP) is 2.14. The lowest BCUT2D eigenvalue weighted by Gasteiger charge is -2.34. The Morgan fingerprint density at radius 3 is 2.50 bits per heavy atom. The van der Waals surface area contributed by atoms with Gasteiger partial charge in [0.05, 0.1) is 17.9 Å². The molecule has 1 saturated heterocycles. The molecule has 0 unspecified atom stereocenters. The van der Waals surface area contributed by atoms with E-state index in [9.17, 15) is 8.42 Å². The molecule has 1 N–H and O–H groups in total. The largest absolute Gasteiger partial charge is 0.441 e. The Labute approximate surface area is 154 Å². The Kier molecular flexibility index (Phi) is 5.76. The van der Waals surface area contributed by atoms with Crippen molar-refractivity contribution in [2.75, 3.05) is 19.6 Å². The molecule has 3 rings (SSSR count). The fourth-order valence-electron chi connectivity index (χ4n) is 3.08. The molecule has 0 aliphatic carbocycles. The number of nitrogens with zero attached hydrogens (tertiary/aromatic N) is 2. The predicted molar refractivity (Wildman–Crippen MR) is 98.9 cm³/mol. The summed E-state index contributed by atoms with van der Waals surface area (Å²) in [5, 5.41) is 0. The van der Waals surface area contributed by atoms with Crippen molar-refractivity contribution in [2.45, 2.75) is 39.4 Å². The second kappa shape index (κ2) is 7.87. The Morgan fingerprint density at radius 1 is 1.19 bits per heavy atom. The maximum absolute atomic E-state index is 12.5. The Morgan fingerprint density at radius 2 is 1.85 bits per heavy atom. The van der Waals surface area contributed by atoms with E-state index in [-0.39, 0.29) is 18.8 Å². The van der Waals surface area contributed by atoms with E-state index < -0.39 is 10.2 Å². The number of nitrogens with one attached hydrogen (secondary N) is 1. The Hall–Kier alpha value is -1.74. The van der Waals surface area contributed by atoms with E-state index in [4.69, 9.17) is 9.15 Å². The molecule has 0 spiro atoms. The van der Waals surface area contributed by atoms with Crippen LogP contribution in [-0.4, -0.2) is 49.5 Å². The number of aryl methyl sites for hydroxylation is 1. The molecule has 8 heteroatoms. The van der Waals surface area contributed by atoms with Gasteiger partial charge in [0.2, 0.25) is 5.89 Å². The van der Waals surface area contributed by atoms with Crippen LogP contribution in [0.5, 0.6) is 0 Å². The molecular formula is C18H25N3O4S. The van der Waals surface area contributed by atoms with Crippen molar-refractivity contribution in [3.8, 4) is 11.5 Å². The summed E-state index contributed by atoms with van der Waals surface area (Å²) >= 11 is 0. The number of ether oxygens (including phenoxy) is 1. The van der Waals surface area contributed by atoms with Gasteiger partial charge in [0.15, 0.2) is 0 Å². The summed E-state index contributed by atoms with van der Waals surface area (Å²) in [7, 11) is -3.53. The van der Waals surface area contributed by atoms with Gasteiger partial charge in [0.1, 0.15) is 5.76 Å². The highest BCUT2D eigenvalue weighted by atomic mass is 32.2. The van der Waals surface area contributed by atoms with Crippen LogP contribution in [0.4, 0.5) is 0 Å². The van der Waals surface area contributed by atoms with Crippen molar-refractivity contribution >= 4 is 10.2 Å².